The third kappa shape index (κ3) is 2.59. The van der Waals surface area contributed by atoms with Crippen LogP contribution >= 0.6 is 23.2 Å². The van der Waals surface area contributed by atoms with Crippen LogP contribution < -0.4 is 0 Å². The van der Waals surface area contributed by atoms with E-state index in [-0.39, 0.29) is 22.4 Å². The fourth-order valence-electron chi connectivity index (χ4n) is 2.33. The third-order valence-electron chi connectivity index (χ3n) is 3.64. The zero-order valence-corrected chi connectivity index (χ0v) is 11.2. The van der Waals surface area contributed by atoms with Crippen molar-refractivity contribution < 1.29 is 9.13 Å². The molecular weight excluding hydrogens is 262 g/mol. The molecule has 0 bridgehead atoms. The Hall–Kier alpha value is -0.310. The van der Waals surface area contributed by atoms with E-state index in [1.54, 1.807) is 6.07 Å². The maximum absolute atomic E-state index is 13.4. The quantitative estimate of drug-likeness (QED) is 0.757. The van der Waals surface area contributed by atoms with Gasteiger partial charge in [0.1, 0.15) is 5.82 Å². The number of benzene rings is 1. The lowest BCUT2D eigenvalue weighted by Gasteiger charge is -2.30. The molecule has 1 nitrogen and oxygen atoms in total. The Bertz CT molecular complexity index is 410. The van der Waals surface area contributed by atoms with Crippen LogP contribution in [0.3, 0.4) is 0 Å². The van der Waals surface area contributed by atoms with Crippen molar-refractivity contribution in [2.45, 2.75) is 25.9 Å². The van der Waals surface area contributed by atoms with Gasteiger partial charge in [-0.3, -0.25) is 0 Å². The molecule has 17 heavy (non-hydrogen) atoms. The van der Waals surface area contributed by atoms with Crippen LogP contribution in [0.15, 0.2) is 18.2 Å². The highest BCUT2D eigenvalue weighted by atomic mass is 35.5. The van der Waals surface area contributed by atoms with E-state index in [2.05, 4.69) is 0 Å². The van der Waals surface area contributed by atoms with Gasteiger partial charge in [0.15, 0.2) is 0 Å². The molecule has 0 radical (unpaired) electrons. The highest BCUT2D eigenvalue weighted by Gasteiger charge is 2.40. The zero-order valence-electron chi connectivity index (χ0n) is 9.68. The summed E-state index contributed by atoms with van der Waals surface area (Å²) in [7, 11) is 0. The smallest absolute Gasteiger partial charge is 0.142 e. The fraction of sp³-hybridized carbons (Fsp3) is 0.538. The second kappa shape index (κ2) is 5.13. The first-order valence-electron chi connectivity index (χ1n) is 5.69. The molecule has 0 saturated carbocycles. The summed E-state index contributed by atoms with van der Waals surface area (Å²) in [6.07, 6.45) is 1.76. The van der Waals surface area contributed by atoms with Gasteiger partial charge in [0.2, 0.25) is 0 Å². The molecule has 1 saturated heterocycles. The Labute approximate surface area is 111 Å². The summed E-state index contributed by atoms with van der Waals surface area (Å²) in [4.78, 5) is 0. The highest BCUT2D eigenvalue weighted by molar-refractivity contribution is 6.30. The number of hydrogen-bond acceptors (Lipinski definition) is 1. The number of alkyl halides is 1. The van der Waals surface area contributed by atoms with Crippen LogP contribution in [0.2, 0.25) is 5.02 Å². The SMILES string of the molecule is CC1OCCC1(CCl)Cc1ccc(Cl)c(F)c1. The van der Waals surface area contributed by atoms with Gasteiger partial charge in [0.05, 0.1) is 11.1 Å². The number of hydrogen-bond donors (Lipinski definition) is 0. The third-order valence-corrected chi connectivity index (χ3v) is 4.48. The summed E-state index contributed by atoms with van der Waals surface area (Å²) < 4.78 is 19.0. The van der Waals surface area contributed by atoms with Crippen molar-refractivity contribution in [3.05, 3.63) is 34.6 Å². The van der Waals surface area contributed by atoms with Gasteiger partial charge in [0.25, 0.3) is 0 Å². The Morgan fingerprint density at radius 2 is 2.29 bits per heavy atom. The maximum atomic E-state index is 13.4. The van der Waals surface area contributed by atoms with Gasteiger partial charge < -0.3 is 4.74 Å². The summed E-state index contributed by atoms with van der Waals surface area (Å²) in [5.41, 5.74) is 0.840. The molecule has 1 aromatic rings. The fourth-order valence-corrected chi connectivity index (χ4v) is 2.89. The molecule has 94 valence electrons. The van der Waals surface area contributed by atoms with E-state index in [0.29, 0.717) is 5.88 Å². The first kappa shape index (κ1) is 13.1. The predicted octanol–water partition coefficient (Wildman–Crippen LogP) is 4.06. The molecule has 1 fully saturated rings. The lowest BCUT2D eigenvalue weighted by atomic mass is 9.78. The molecule has 2 rings (SSSR count). The van der Waals surface area contributed by atoms with E-state index in [4.69, 9.17) is 27.9 Å². The molecule has 2 unspecified atom stereocenters. The van der Waals surface area contributed by atoms with Gasteiger partial charge in [-0.1, -0.05) is 17.7 Å². The summed E-state index contributed by atoms with van der Waals surface area (Å²) >= 11 is 11.7. The van der Waals surface area contributed by atoms with Crippen LogP contribution in [-0.4, -0.2) is 18.6 Å². The van der Waals surface area contributed by atoms with Crippen LogP contribution in [0.1, 0.15) is 18.9 Å². The molecule has 1 aromatic carbocycles. The summed E-state index contributed by atoms with van der Waals surface area (Å²) in [6.45, 7) is 2.76. The molecule has 0 amide bonds. The topological polar surface area (TPSA) is 9.23 Å². The van der Waals surface area contributed by atoms with Crippen LogP contribution in [0, 0.1) is 11.2 Å². The molecule has 1 heterocycles. The average Bonchev–Trinajstić information content (AvgIpc) is 2.66. The normalized spacial score (nSPS) is 28.6. The Kier molecular flexibility index (Phi) is 3.96. The van der Waals surface area contributed by atoms with Gasteiger partial charge in [-0.15, -0.1) is 11.6 Å². The first-order chi connectivity index (χ1) is 8.07. The van der Waals surface area contributed by atoms with Crippen LogP contribution in [-0.2, 0) is 11.2 Å². The number of halogens is 3. The molecule has 0 aromatic heterocycles. The summed E-state index contributed by atoms with van der Waals surface area (Å²) in [6, 6.07) is 4.93. The lowest BCUT2D eigenvalue weighted by molar-refractivity contribution is 0.0735. The van der Waals surface area contributed by atoms with E-state index in [0.717, 1.165) is 25.0 Å². The van der Waals surface area contributed by atoms with Gasteiger partial charge in [-0.25, -0.2) is 4.39 Å². The van der Waals surface area contributed by atoms with Crippen molar-refractivity contribution in [3.8, 4) is 0 Å². The van der Waals surface area contributed by atoms with Gasteiger partial charge in [0, 0.05) is 17.9 Å². The minimum Gasteiger partial charge on any atom is -0.378 e. The lowest BCUT2D eigenvalue weighted by Crippen LogP contribution is -2.33. The van der Waals surface area contributed by atoms with Crippen molar-refractivity contribution in [2.24, 2.45) is 5.41 Å². The highest BCUT2D eigenvalue weighted by Crippen LogP contribution is 2.39. The van der Waals surface area contributed by atoms with Gasteiger partial charge in [-0.05, 0) is 37.5 Å². The Balaban J connectivity index is 2.21. The molecule has 0 spiro atoms. The minimum atomic E-state index is -0.375. The van der Waals surface area contributed by atoms with Crippen LogP contribution in [0.25, 0.3) is 0 Å². The van der Waals surface area contributed by atoms with Crippen molar-refractivity contribution >= 4 is 23.2 Å². The van der Waals surface area contributed by atoms with Crippen LogP contribution in [0.5, 0.6) is 0 Å². The largest absolute Gasteiger partial charge is 0.378 e. The molecule has 0 aliphatic carbocycles. The second-order valence-electron chi connectivity index (χ2n) is 4.68. The molecule has 4 heteroatoms. The first-order valence-corrected chi connectivity index (χ1v) is 6.60. The summed E-state index contributed by atoms with van der Waals surface area (Å²) in [5, 5.41) is 0.157. The van der Waals surface area contributed by atoms with Crippen molar-refractivity contribution in [2.75, 3.05) is 12.5 Å². The van der Waals surface area contributed by atoms with Crippen molar-refractivity contribution in [1.29, 1.82) is 0 Å². The van der Waals surface area contributed by atoms with Gasteiger partial charge in [-0.2, -0.15) is 0 Å². The standard InChI is InChI=1S/C13H15Cl2FO/c1-9-13(8-14,4-5-17-9)7-10-2-3-11(15)12(16)6-10/h2-3,6,9H,4-5,7-8H2,1H3. The molecular formula is C13H15Cl2FO. The minimum absolute atomic E-state index is 0.0815. The van der Waals surface area contributed by atoms with Crippen molar-refractivity contribution in [3.63, 3.8) is 0 Å². The zero-order chi connectivity index (χ0) is 12.5. The van der Waals surface area contributed by atoms with Crippen molar-refractivity contribution in [1.82, 2.24) is 0 Å². The monoisotopic (exact) mass is 276 g/mol. The van der Waals surface area contributed by atoms with E-state index in [1.165, 1.54) is 6.07 Å². The van der Waals surface area contributed by atoms with E-state index in [9.17, 15) is 4.39 Å². The molecule has 2 atom stereocenters. The van der Waals surface area contributed by atoms with E-state index < -0.39 is 0 Å². The number of rotatable bonds is 3. The second-order valence-corrected chi connectivity index (χ2v) is 5.36. The molecule has 1 aliphatic rings. The Morgan fingerprint density at radius 3 is 2.82 bits per heavy atom. The van der Waals surface area contributed by atoms with Crippen LogP contribution in [0.4, 0.5) is 4.39 Å². The maximum Gasteiger partial charge on any atom is 0.142 e. The van der Waals surface area contributed by atoms with E-state index in [1.807, 2.05) is 13.0 Å². The average molecular weight is 277 g/mol. The molecule has 1 aliphatic heterocycles. The summed E-state index contributed by atoms with van der Waals surface area (Å²) in [5.74, 6) is 0.152. The predicted molar refractivity (Wildman–Crippen MR) is 68.3 cm³/mol. The van der Waals surface area contributed by atoms with E-state index >= 15 is 0 Å². The molecule has 0 N–H and O–H groups in total. The number of ether oxygens (including phenoxy) is 1. The Morgan fingerprint density at radius 1 is 1.53 bits per heavy atom. The van der Waals surface area contributed by atoms with Gasteiger partial charge >= 0.3 is 0 Å².